The summed E-state index contributed by atoms with van der Waals surface area (Å²) in [5, 5.41) is 2.57. The van der Waals surface area contributed by atoms with Crippen LogP contribution in [0.25, 0.3) is 0 Å². The van der Waals surface area contributed by atoms with Crippen molar-refractivity contribution in [2.75, 3.05) is 26.7 Å². The van der Waals surface area contributed by atoms with E-state index < -0.39 is 12.2 Å². The fourth-order valence-corrected chi connectivity index (χ4v) is 8.99. The van der Waals surface area contributed by atoms with Gasteiger partial charge in [0.25, 0.3) is 0 Å². The van der Waals surface area contributed by atoms with Crippen LogP contribution in [0.15, 0.2) is 0 Å². The summed E-state index contributed by atoms with van der Waals surface area (Å²) >= 11 is 0. The molecule has 7 heteroatoms. The van der Waals surface area contributed by atoms with Crippen molar-refractivity contribution in [3.05, 3.63) is 0 Å². The van der Waals surface area contributed by atoms with Gasteiger partial charge in [-0.25, -0.2) is 4.79 Å². The number of imide groups is 1. The van der Waals surface area contributed by atoms with Crippen LogP contribution in [0.3, 0.4) is 0 Å². The number of alkyl carbamates (subject to hydrolysis) is 1. The van der Waals surface area contributed by atoms with Crippen LogP contribution in [0.5, 0.6) is 0 Å². The summed E-state index contributed by atoms with van der Waals surface area (Å²) in [4.78, 5) is 41.8. The molecule has 3 saturated carbocycles. The summed E-state index contributed by atoms with van der Waals surface area (Å²) < 4.78 is 12.2. The molecule has 5 fully saturated rings. The predicted octanol–water partition coefficient (Wildman–Crippen LogP) is 3.65. The van der Waals surface area contributed by atoms with E-state index in [0.717, 1.165) is 51.7 Å². The summed E-state index contributed by atoms with van der Waals surface area (Å²) in [7, 11) is 1.77. The molecule has 0 aromatic carbocycles. The number of Topliss-reactive ketones (excluding diaryl/α,β-unsaturated/α-hetero) is 1. The van der Waals surface area contributed by atoms with E-state index in [1.807, 2.05) is 6.92 Å². The SMILES string of the molecule is CO[C@@H]1CCC23CC[C@@H](C)[C@](C)(C12)[C@H](OC(=O)NC(=O)[C@H]1CN2CC[C@H]1C2)C[C@H](C)C(=O)[C@@H]3C. The van der Waals surface area contributed by atoms with Gasteiger partial charge in [-0.3, -0.25) is 14.9 Å². The average molecular weight is 475 g/mol. The first-order valence-electron chi connectivity index (χ1n) is 13.4. The fourth-order valence-electron chi connectivity index (χ4n) is 8.99. The molecule has 2 saturated heterocycles. The first-order chi connectivity index (χ1) is 16.1. The standard InChI is InChI=1S/C27H42N2O5/c1-15-12-21(34-25(32)28-24(31)19-14-29-11-8-18(19)13-29)26(4)16(2)6-9-27(17(3)22(15)30)10-7-20(33-5)23(26)27/h15-21,23H,6-14H2,1-5H3,(H,28,31,32)/t15-,16+,17-,18-,19-,20+,21+,23?,26-,27?/m0/s1. The van der Waals surface area contributed by atoms with Crippen molar-refractivity contribution >= 4 is 17.8 Å². The summed E-state index contributed by atoms with van der Waals surface area (Å²) in [6.07, 6.45) is 4.42. The molecule has 0 aromatic heterocycles. The van der Waals surface area contributed by atoms with E-state index >= 15 is 0 Å². The molecular formula is C27H42N2O5. The second-order valence-electron chi connectivity index (χ2n) is 12.4. The van der Waals surface area contributed by atoms with E-state index in [-0.39, 0.29) is 52.3 Å². The number of nitrogens with zero attached hydrogens (tertiary/aromatic N) is 1. The van der Waals surface area contributed by atoms with Crippen molar-refractivity contribution in [2.45, 2.75) is 78.4 Å². The number of carbonyl (C=O) groups excluding carboxylic acids is 3. The van der Waals surface area contributed by atoms with Gasteiger partial charge in [0.05, 0.1) is 12.0 Å². The molecule has 0 radical (unpaired) electrons. The zero-order valence-electron chi connectivity index (χ0n) is 21.5. The highest BCUT2D eigenvalue weighted by molar-refractivity contribution is 5.93. The number of amides is 2. The molecular weight excluding hydrogens is 432 g/mol. The minimum Gasteiger partial charge on any atom is -0.445 e. The summed E-state index contributed by atoms with van der Waals surface area (Å²) in [5.74, 6) is 0.518. The monoisotopic (exact) mass is 474 g/mol. The lowest BCUT2D eigenvalue weighted by molar-refractivity contribution is -0.184. The quantitative estimate of drug-likeness (QED) is 0.672. The van der Waals surface area contributed by atoms with Gasteiger partial charge in [0, 0.05) is 43.4 Å². The molecule has 2 aliphatic heterocycles. The van der Waals surface area contributed by atoms with Crippen molar-refractivity contribution in [1.29, 1.82) is 0 Å². The van der Waals surface area contributed by atoms with E-state index in [0.29, 0.717) is 18.3 Å². The number of ketones is 1. The minimum atomic E-state index is -0.655. The number of nitrogens with one attached hydrogen (secondary N) is 1. The molecule has 5 aliphatic rings. The van der Waals surface area contributed by atoms with E-state index in [1.54, 1.807) is 7.11 Å². The molecule has 3 aliphatic carbocycles. The molecule has 3 unspecified atom stereocenters. The van der Waals surface area contributed by atoms with Crippen LogP contribution in [0.2, 0.25) is 0 Å². The van der Waals surface area contributed by atoms with Gasteiger partial charge >= 0.3 is 6.09 Å². The van der Waals surface area contributed by atoms with Crippen LogP contribution in [-0.4, -0.2) is 61.6 Å². The topological polar surface area (TPSA) is 84.9 Å². The lowest BCUT2D eigenvalue weighted by Gasteiger charge is -2.60. The zero-order chi connectivity index (χ0) is 24.4. The van der Waals surface area contributed by atoms with Gasteiger partial charge in [-0.15, -0.1) is 0 Å². The molecule has 4 bridgehead atoms. The maximum atomic E-state index is 13.5. The van der Waals surface area contributed by atoms with Crippen LogP contribution in [0.1, 0.15) is 66.2 Å². The van der Waals surface area contributed by atoms with E-state index in [1.165, 1.54) is 0 Å². The second-order valence-corrected chi connectivity index (χ2v) is 12.4. The number of hydrogen-bond acceptors (Lipinski definition) is 6. The third-order valence-electron chi connectivity index (χ3n) is 11.1. The summed E-state index contributed by atoms with van der Waals surface area (Å²) in [6, 6.07) is 0. The van der Waals surface area contributed by atoms with Crippen LogP contribution in [-0.2, 0) is 19.1 Å². The number of rotatable bonds is 3. The lowest BCUT2D eigenvalue weighted by atomic mass is 9.45. The van der Waals surface area contributed by atoms with Crippen LogP contribution < -0.4 is 5.32 Å². The molecule has 11 atom stereocenters. The average Bonchev–Trinajstić information content (AvgIpc) is 3.54. The highest BCUT2D eigenvalue weighted by Crippen LogP contribution is 2.67. The van der Waals surface area contributed by atoms with Crippen LogP contribution >= 0.6 is 0 Å². The third-order valence-corrected chi connectivity index (χ3v) is 11.1. The maximum absolute atomic E-state index is 13.5. The van der Waals surface area contributed by atoms with Crippen molar-refractivity contribution in [2.24, 2.45) is 46.3 Å². The van der Waals surface area contributed by atoms with E-state index in [4.69, 9.17) is 9.47 Å². The Morgan fingerprint density at radius 2 is 1.82 bits per heavy atom. The Balaban J connectivity index is 1.42. The van der Waals surface area contributed by atoms with Gasteiger partial charge in [-0.05, 0) is 62.3 Å². The Morgan fingerprint density at radius 3 is 2.47 bits per heavy atom. The first kappa shape index (κ1) is 24.2. The van der Waals surface area contributed by atoms with Crippen LogP contribution in [0.4, 0.5) is 4.79 Å². The van der Waals surface area contributed by atoms with Gasteiger partial charge in [-0.2, -0.15) is 0 Å². The highest BCUT2D eigenvalue weighted by atomic mass is 16.6. The normalized spacial score (nSPS) is 49.8. The second kappa shape index (κ2) is 8.58. The number of carbonyl (C=O) groups is 3. The van der Waals surface area contributed by atoms with Crippen molar-refractivity contribution in [3.8, 4) is 0 Å². The Labute approximate surface area is 203 Å². The number of ether oxygens (including phenoxy) is 2. The molecule has 190 valence electrons. The van der Waals surface area contributed by atoms with Gasteiger partial charge in [0.2, 0.25) is 5.91 Å². The highest BCUT2D eigenvalue weighted by Gasteiger charge is 2.67. The lowest BCUT2D eigenvalue weighted by Crippen LogP contribution is -2.62. The Bertz CT molecular complexity index is 862. The Morgan fingerprint density at radius 1 is 1.09 bits per heavy atom. The predicted molar refractivity (Wildman–Crippen MR) is 127 cm³/mol. The van der Waals surface area contributed by atoms with Gasteiger partial charge in [-0.1, -0.05) is 27.7 Å². The Hall–Kier alpha value is -1.47. The summed E-state index contributed by atoms with van der Waals surface area (Å²) in [5.41, 5.74) is -0.434. The van der Waals surface area contributed by atoms with Gasteiger partial charge in [0.15, 0.2) is 0 Å². The molecule has 34 heavy (non-hydrogen) atoms. The maximum Gasteiger partial charge on any atom is 0.414 e. The first-order valence-corrected chi connectivity index (χ1v) is 13.4. The number of hydrogen-bond donors (Lipinski definition) is 1. The largest absolute Gasteiger partial charge is 0.445 e. The molecule has 5 rings (SSSR count). The van der Waals surface area contributed by atoms with Gasteiger partial charge in [0.1, 0.15) is 11.9 Å². The third kappa shape index (κ3) is 3.47. The van der Waals surface area contributed by atoms with Crippen molar-refractivity contribution in [3.63, 3.8) is 0 Å². The fraction of sp³-hybridized carbons (Fsp3) is 0.889. The van der Waals surface area contributed by atoms with E-state index in [9.17, 15) is 14.4 Å². The smallest absolute Gasteiger partial charge is 0.414 e. The molecule has 7 nitrogen and oxygen atoms in total. The van der Waals surface area contributed by atoms with Crippen molar-refractivity contribution in [1.82, 2.24) is 10.2 Å². The minimum absolute atomic E-state index is 0.0244. The Kier molecular flexibility index (Phi) is 6.11. The molecule has 0 spiro atoms. The molecule has 2 heterocycles. The molecule has 1 N–H and O–H groups in total. The molecule has 2 amide bonds. The van der Waals surface area contributed by atoms with Crippen LogP contribution in [0, 0.1) is 46.3 Å². The number of methoxy groups -OCH3 is 1. The number of fused-ring (bicyclic) bond motifs is 2. The number of piperidine rings is 1. The van der Waals surface area contributed by atoms with Crippen molar-refractivity contribution < 1.29 is 23.9 Å². The van der Waals surface area contributed by atoms with E-state index in [2.05, 4.69) is 31.0 Å². The summed E-state index contributed by atoms with van der Waals surface area (Å²) in [6.45, 7) is 11.3. The van der Waals surface area contributed by atoms with Gasteiger partial charge < -0.3 is 14.4 Å². The zero-order valence-corrected chi connectivity index (χ0v) is 21.5. The molecule has 0 aromatic rings.